The van der Waals surface area contributed by atoms with Crippen molar-refractivity contribution in [3.05, 3.63) is 0 Å². The van der Waals surface area contributed by atoms with Crippen LogP contribution < -0.4 is 5.32 Å². The first-order chi connectivity index (χ1) is 8.50. The molecule has 3 nitrogen and oxygen atoms in total. The summed E-state index contributed by atoms with van der Waals surface area (Å²) in [6.07, 6.45) is 3.58. The summed E-state index contributed by atoms with van der Waals surface area (Å²) in [5, 5.41) is 13.4. The van der Waals surface area contributed by atoms with Crippen LogP contribution in [-0.4, -0.2) is 37.0 Å². The van der Waals surface area contributed by atoms with E-state index in [1.807, 2.05) is 0 Å². The monoisotopic (exact) mass is 257 g/mol. The average Bonchev–Trinajstić information content (AvgIpc) is 2.27. The van der Waals surface area contributed by atoms with Gasteiger partial charge < -0.3 is 15.2 Å². The van der Waals surface area contributed by atoms with Gasteiger partial charge in [0.25, 0.3) is 0 Å². The quantitative estimate of drug-likeness (QED) is 0.736. The van der Waals surface area contributed by atoms with Crippen LogP contribution in [-0.2, 0) is 4.74 Å². The molecule has 1 rings (SSSR count). The van der Waals surface area contributed by atoms with Crippen molar-refractivity contribution in [1.82, 2.24) is 5.32 Å². The normalized spacial score (nSPS) is 30.7. The van der Waals surface area contributed by atoms with E-state index in [0.717, 1.165) is 18.4 Å². The Balaban J connectivity index is 2.18. The predicted molar refractivity (Wildman–Crippen MR) is 75.6 cm³/mol. The molecule has 0 saturated heterocycles. The minimum Gasteiger partial charge on any atom is -0.389 e. The zero-order valence-electron chi connectivity index (χ0n) is 12.5. The van der Waals surface area contributed by atoms with Gasteiger partial charge in [-0.2, -0.15) is 0 Å². The van der Waals surface area contributed by atoms with Gasteiger partial charge in [-0.3, -0.25) is 0 Å². The van der Waals surface area contributed by atoms with Gasteiger partial charge in [-0.05, 0) is 30.6 Å². The molecule has 1 fully saturated rings. The van der Waals surface area contributed by atoms with Crippen molar-refractivity contribution in [2.24, 2.45) is 17.8 Å². The van der Waals surface area contributed by atoms with Crippen LogP contribution in [0.25, 0.3) is 0 Å². The van der Waals surface area contributed by atoms with Crippen LogP contribution in [0, 0.1) is 17.8 Å². The minimum atomic E-state index is -0.384. The van der Waals surface area contributed by atoms with Crippen LogP contribution in [0.15, 0.2) is 0 Å². The Labute approximate surface area is 112 Å². The molecule has 0 aromatic rings. The summed E-state index contributed by atoms with van der Waals surface area (Å²) in [6, 6.07) is 0.554. The van der Waals surface area contributed by atoms with E-state index in [9.17, 15) is 5.11 Å². The van der Waals surface area contributed by atoms with Crippen molar-refractivity contribution in [2.75, 3.05) is 19.8 Å². The van der Waals surface area contributed by atoms with Crippen LogP contribution in [0.5, 0.6) is 0 Å². The van der Waals surface area contributed by atoms with E-state index in [-0.39, 0.29) is 6.10 Å². The fourth-order valence-electron chi connectivity index (χ4n) is 2.85. The molecule has 0 spiro atoms. The molecule has 18 heavy (non-hydrogen) atoms. The zero-order chi connectivity index (χ0) is 13.5. The summed E-state index contributed by atoms with van der Waals surface area (Å²) >= 11 is 0. The molecule has 3 heteroatoms. The number of hydrogen-bond donors (Lipinski definition) is 2. The highest BCUT2D eigenvalue weighted by Crippen LogP contribution is 2.28. The summed E-state index contributed by atoms with van der Waals surface area (Å²) in [5.41, 5.74) is 0. The molecule has 1 aliphatic carbocycles. The Bertz CT molecular complexity index is 211. The van der Waals surface area contributed by atoms with Crippen LogP contribution in [0.3, 0.4) is 0 Å². The van der Waals surface area contributed by atoms with Gasteiger partial charge >= 0.3 is 0 Å². The Hall–Kier alpha value is -0.120. The van der Waals surface area contributed by atoms with Gasteiger partial charge in [-0.15, -0.1) is 0 Å². The Kier molecular flexibility index (Phi) is 7.20. The molecule has 0 aromatic heterocycles. The molecular formula is C15H31NO2. The first kappa shape index (κ1) is 15.9. The van der Waals surface area contributed by atoms with Crippen molar-refractivity contribution in [3.8, 4) is 0 Å². The second-order valence-corrected chi connectivity index (χ2v) is 6.40. The van der Waals surface area contributed by atoms with Gasteiger partial charge in [-0.1, -0.05) is 34.1 Å². The summed E-state index contributed by atoms with van der Waals surface area (Å²) in [5.74, 6) is 1.97. The molecule has 0 radical (unpaired) electrons. The fourth-order valence-corrected chi connectivity index (χ4v) is 2.85. The van der Waals surface area contributed by atoms with E-state index in [2.05, 4.69) is 33.0 Å². The van der Waals surface area contributed by atoms with Gasteiger partial charge in [0.2, 0.25) is 0 Å². The molecule has 0 bridgehead atoms. The standard InChI is InChI=1S/C15H31NO2/c1-11(2)9-18-10-14(17)8-16-15-12(3)6-5-7-13(15)4/h11-17H,5-10H2,1-4H3. The van der Waals surface area contributed by atoms with Crippen LogP contribution in [0.4, 0.5) is 0 Å². The maximum atomic E-state index is 9.88. The highest BCUT2D eigenvalue weighted by Gasteiger charge is 2.27. The summed E-state index contributed by atoms with van der Waals surface area (Å²) in [6.45, 7) is 10.7. The van der Waals surface area contributed by atoms with Gasteiger partial charge in [0.15, 0.2) is 0 Å². The molecule has 0 aromatic carbocycles. The molecule has 0 heterocycles. The van der Waals surface area contributed by atoms with Gasteiger partial charge in [-0.25, -0.2) is 0 Å². The van der Waals surface area contributed by atoms with Crippen molar-refractivity contribution in [3.63, 3.8) is 0 Å². The zero-order valence-corrected chi connectivity index (χ0v) is 12.5. The molecule has 2 N–H and O–H groups in total. The third-order valence-electron chi connectivity index (χ3n) is 3.90. The van der Waals surface area contributed by atoms with Crippen LogP contribution >= 0.6 is 0 Å². The molecule has 3 atom stereocenters. The molecule has 1 saturated carbocycles. The Morgan fingerprint density at radius 1 is 1.17 bits per heavy atom. The van der Waals surface area contributed by atoms with Crippen molar-refractivity contribution in [1.29, 1.82) is 0 Å². The summed E-state index contributed by atoms with van der Waals surface area (Å²) in [4.78, 5) is 0. The lowest BCUT2D eigenvalue weighted by molar-refractivity contribution is 0.0220. The molecule has 3 unspecified atom stereocenters. The first-order valence-corrected chi connectivity index (χ1v) is 7.50. The molecule has 108 valence electrons. The van der Waals surface area contributed by atoms with Crippen molar-refractivity contribution >= 4 is 0 Å². The minimum absolute atomic E-state index is 0.384. The van der Waals surface area contributed by atoms with E-state index in [1.165, 1.54) is 19.3 Å². The highest BCUT2D eigenvalue weighted by molar-refractivity contribution is 4.83. The van der Waals surface area contributed by atoms with Crippen LogP contribution in [0.2, 0.25) is 0 Å². The molecular weight excluding hydrogens is 226 g/mol. The Morgan fingerprint density at radius 3 is 2.33 bits per heavy atom. The fraction of sp³-hybridized carbons (Fsp3) is 1.00. The second kappa shape index (κ2) is 8.13. The third-order valence-corrected chi connectivity index (χ3v) is 3.90. The predicted octanol–water partition coefficient (Wildman–Crippen LogP) is 2.43. The number of rotatable bonds is 7. The summed E-state index contributed by atoms with van der Waals surface area (Å²) < 4.78 is 5.46. The van der Waals surface area contributed by atoms with Gasteiger partial charge in [0.05, 0.1) is 12.7 Å². The largest absolute Gasteiger partial charge is 0.389 e. The van der Waals surface area contributed by atoms with Gasteiger partial charge in [0, 0.05) is 19.2 Å². The van der Waals surface area contributed by atoms with Gasteiger partial charge in [0.1, 0.15) is 0 Å². The molecule has 0 amide bonds. The maximum Gasteiger partial charge on any atom is 0.0897 e. The number of nitrogens with one attached hydrogen (secondary N) is 1. The van der Waals surface area contributed by atoms with E-state index in [1.54, 1.807) is 0 Å². The van der Waals surface area contributed by atoms with E-state index in [4.69, 9.17) is 4.74 Å². The molecule has 1 aliphatic rings. The lowest BCUT2D eigenvalue weighted by atomic mass is 9.79. The van der Waals surface area contributed by atoms with E-state index in [0.29, 0.717) is 25.1 Å². The SMILES string of the molecule is CC(C)COCC(O)CNC1C(C)CCCC1C. The lowest BCUT2D eigenvalue weighted by Gasteiger charge is -2.35. The lowest BCUT2D eigenvalue weighted by Crippen LogP contribution is -2.46. The van der Waals surface area contributed by atoms with Crippen molar-refractivity contribution in [2.45, 2.75) is 59.1 Å². The van der Waals surface area contributed by atoms with E-state index >= 15 is 0 Å². The summed E-state index contributed by atoms with van der Waals surface area (Å²) in [7, 11) is 0. The number of aliphatic hydroxyl groups is 1. The number of aliphatic hydroxyl groups excluding tert-OH is 1. The maximum absolute atomic E-state index is 9.88. The number of hydrogen-bond acceptors (Lipinski definition) is 3. The first-order valence-electron chi connectivity index (χ1n) is 7.50. The second-order valence-electron chi connectivity index (χ2n) is 6.40. The topological polar surface area (TPSA) is 41.5 Å². The van der Waals surface area contributed by atoms with E-state index < -0.39 is 0 Å². The third kappa shape index (κ3) is 5.68. The Morgan fingerprint density at radius 2 is 1.78 bits per heavy atom. The van der Waals surface area contributed by atoms with Crippen LogP contribution in [0.1, 0.15) is 47.0 Å². The molecule has 0 aliphatic heterocycles. The van der Waals surface area contributed by atoms with Crippen molar-refractivity contribution < 1.29 is 9.84 Å². The average molecular weight is 257 g/mol. The smallest absolute Gasteiger partial charge is 0.0897 e. The number of ether oxygens (including phenoxy) is 1. The highest BCUT2D eigenvalue weighted by atomic mass is 16.5.